The van der Waals surface area contributed by atoms with Gasteiger partial charge < -0.3 is 10.1 Å². The van der Waals surface area contributed by atoms with Crippen LogP contribution in [0.3, 0.4) is 0 Å². The molecular weight excluding hydrogens is 242 g/mol. The number of ether oxygens (including phenoxy) is 1. The van der Waals surface area contributed by atoms with Crippen LogP contribution in [0.4, 0.5) is 5.82 Å². The normalized spacial score (nSPS) is 22.6. The van der Waals surface area contributed by atoms with Gasteiger partial charge in [-0.2, -0.15) is 5.10 Å². The number of hydrogen-bond acceptors (Lipinski definition) is 5. The molecule has 0 radical (unpaired) electrons. The van der Waals surface area contributed by atoms with Gasteiger partial charge in [0.25, 0.3) is 0 Å². The van der Waals surface area contributed by atoms with Crippen LogP contribution < -0.4 is 5.32 Å². The number of nitrogens with zero attached hydrogens (tertiary/aromatic N) is 3. The maximum absolute atomic E-state index is 5.79. The maximum atomic E-state index is 5.79. The van der Waals surface area contributed by atoms with Crippen molar-refractivity contribution in [3.63, 3.8) is 0 Å². The fourth-order valence-corrected chi connectivity index (χ4v) is 2.42. The zero-order chi connectivity index (χ0) is 13.1. The van der Waals surface area contributed by atoms with Crippen molar-refractivity contribution < 1.29 is 4.74 Å². The van der Waals surface area contributed by atoms with E-state index in [0.717, 1.165) is 36.8 Å². The highest BCUT2D eigenvalue weighted by Crippen LogP contribution is 2.33. The van der Waals surface area contributed by atoms with E-state index in [-0.39, 0.29) is 6.10 Å². The molecule has 0 saturated carbocycles. The number of aromatic nitrogens is 4. The zero-order valence-electron chi connectivity index (χ0n) is 10.8. The largest absolute Gasteiger partial charge is 0.373 e. The molecule has 0 amide bonds. The van der Waals surface area contributed by atoms with Gasteiger partial charge in [-0.15, -0.1) is 0 Å². The van der Waals surface area contributed by atoms with E-state index < -0.39 is 0 Å². The Bertz CT molecular complexity index is 528. The third-order valence-electron chi connectivity index (χ3n) is 3.38. The van der Waals surface area contributed by atoms with E-state index in [2.05, 4.69) is 25.5 Å². The number of aromatic amines is 1. The molecule has 100 valence electrons. The average molecular weight is 259 g/mol. The van der Waals surface area contributed by atoms with Crippen molar-refractivity contribution >= 4 is 5.82 Å². The summed E-state index contributed by atoms with van der Waals surface area (Å²) >= 11 is 0. The molecule has 6 heteroatoms. The molecule has 0 spiro atoms. The molecule has 0 bridgehead atoms. The Morgan fingerprint density at radius 3 is 3.26 bits per heavy atom. The van der Waals surface area contributed by atoms with Crippen molar-refractivity contribution in [2.75, 3.05) is 18.5 Å². The van der Waals surface area contributed by atoms with Gasteiger partial charge >= 0.3 is 0 Å². The predicted octanol–water partition coefficient (Wildman–Crippen LogP) is 1.70. The van der Waals surface area contributed by atoms with Gasteiger partial charge in [0.2, 0.25) is 0 Å². The summed E-state index contributed by atoms with van der Waals surface area (Å²) in [4.78, 5) is 8.43. The standard InChI is InChI=1S/C13H17N5O/c1-9-14-4-2-12(18-9)15-6-10-3-5-19-13(10)11-7-16-17-8-11/h2,4,7-8,10,13H,3,5-6H2,1H3,(H,16,17)(H,14,15,18)/t10-,13+/m1/s1. The van der Waals surface area contributed by atoms with Gasteiger partial charge in [0.05, 0.1) is 12.3 Å². The van der Waals surface area contributed by atoms with E-state index in [9.17, 15) is 0 Å². The number of anilines is 1. The molecule has 1 fully saturated rings. The summed E-state index contributed by atoms with van der Waals surface area (Å²) in [6, 6.07) is 1.88. The van der Waals surface area contributed by atoms with Gasteiger partial charge in [-0.05, 0) is 19.4 Å². The quantitative estimate of drug-likeness (QED) is 0.874. The summed E-state index contributed by atoms with van der Waals surface area (Å²) in [6.07, 6.45) is 6.67. The number of hydrogen-bond donors (Lipinski definition) is 2. The van der Waals surface area contributed by atoms with Crippen LogP contribution in [0.2, 0.25) is 0 Å². The van der Waals surface area contributed by atoms with Crippen LogP contribution in [-0.4, -0.2) is 33.3 Å². The number of nitrogens with one attached hydrogen (secondary N) is 2. The van der Waals surface area contributed by atoms with Crippen LogP contribution in [0.15, 0.2) is 24.7 Å². The Morgan fingerprint density at radius 1 is 1.53 bits per heavy atom. The lowest BCUT2D eigenvalue weighted by molar-refractivity contribution is 0.0933. The smallest absolute Gasteiger partial charge is 0.129 e. The van der Waals surface area contributed by atoms with Crippen LogP contribution in [0, 0.1) is 12.8 Å². The Labute approximate surface area is 111 Å². The first-order valence-corrected chi connectivity index (χ1v) is 6.47. The molecule has 2 N–H and O–H groups in total. The fourth-order valence-electron chi connectivity index (χ4n) is 2.42. The second-order valence-electron chi connectivity index (χ2n) is 4.74. The second kappa shape index (κ2) is 5.36. The monoisotopic (exact) mass is 259 g/mol. The minimum atomic E-state index is 0.120. The van der Waals surface area contributed by atoms with Gasteiger partial charge in [-0.3, -0.25) is 5.10 Å². The molecule has 2 aromatic rings. The maximum Gasteiger partial charge on any atom is 0.129 e. The lowest BCUT2D eigenvalue weighted by Crippen LogP contribution is -2.18. The minimum Gasteiger partial charge on any atom is -0.373 e. The first kappa shape index (κ1) is 12.1. The van der Waals surface area contributed by atoms with Gasteiger partial charge in [0.15, 0.2) is 0 Å². The minimum absolute atomic E-state index is 0.120. The fraction of sp³-hybridized carbons (Fsp3) is 0.462. The first-order valence-electron chi connectivity index (χ1n) is 6.47. The Kier molecular flexibility index (Phi) is 3.41. The molecule has 3 heterocycles. The first-order chi connectivity index (χ1) is 9.33. The molecule has 2 aromatic heterocycles. The number of H-pyrrole nitrogens is 1. The number of rotatable bonds is 4. The highest BCUT2D eigenvalue weighted by Gasteiger charge is 2.30. The molecule has 19 heavy (non-hydrogen) atoms. The van der Waals surface area contributed by atoms with E-state index in [4.69, 9.17) is 4.74 Å². The van der Waals surface area contributed by atoms with E-state index >= 15 is 0 Å². The summed E-state index contributed by atoms with van der Waals surface area (Å²) in [5.74, 6) is 2.08. The van der Waals surface area contributed by atoms with Gasteiger partial charge in [-0.25, -0.2) is 9.97 Å². The highest BCUT2D eigenvalue weighted by atomic mass is 16.5. The van der Waals surface area contributed by atoms with Crippen LogP contribution >= 0.6 is 0 Å². The van der Waals surface area contributed by atoms with E-state index in [0.29, 0.717) is 5.92 Å². The SMILES string of the molecule is Cc1nccc(NC[C@H]2CCO[C@@H]2c2cn[nH]c2)n1. The summed E-state index contributed by atoms with van der Waals surface area (Å²) < 4.78 is 5.79. The third-order valence-corrected chi connectivity index (χ3v) is 3.38. The van der Waals surface area contributed by atoms with E-state index in [1.807, 2.05) is 25.4 Å². The summed E-state index contributed by atoms with van der Waals surface area (Å²) in [5, 5.41) is 10.2. The van der Waals surface area contributed by atoms with E-state index in [1.54, 1.807) is 6.20 Å². The highest BCUT2D eigenvalue weighted by molar-refractivity contribution is 5.33. The molecule has 6 nitrogen and oxygen atoms in total. The molecular formula is C13H17N5O. The van der Waals surface area contributed by atoms with Gasteiger partial charge in [0.1, 0.15) is 11.6 Å². The lowest BCUT2D eigenvalue weighted by Gasteiger charge is -2.18. The van der Waals surface area contributed by atoms with Crippen molar-refractivity contribution in [3.8, 4) is 0 Å². The van der Waals surface area contributed by atoms with Crippen molar-refractivity contribution in [2.45, 2.75) is 19.4 Å². The molecule has 0 aromatic carbocycles. The molecule has 2 atom stereocenters. The van der Waals surface area contributed by atoms with E-state index in [1.165, 1.54) is 0 Å². The zero-order valence-corrected chi connectivity index (χ0v) is 10.8. The third kappa shape index (κ3) is 2.73. The summed E-state index contributed by atoms with van der Waals surface area (Å²) in [5.41, 5.74) is 1.11. The van der Waals surface area contributed by atoms with Crippen molar-refractivity contribution in [3.05, 3.63) is 36.0 Å². The molecule has 0 aliphatic carbocycles. The van der Waals surface area contributed by atoms with Crippen molar-refractivity contribution in [1.82, 2.24) is 20.2 Å². The molecule has 1 aliphatic rings. The second-order valence-corrected chi connectivity index (χ2v) is 4.74. The topological polar surface area (TPSA) is 75.7 Å². The van der Waals surface area contributed by atoms with Gasteiger partial charge in [0, 0.05) is 37.0 Å². The van der Waals surface area contributed by atoms with Crippen LogP contribution in [0.1, 0.15) is 23.9 Å². The summed E-state index contributed by atoms with van der Waals surface area (Å²) in [6.45, 7) is 3.52. The van der Waals surface area contributed by atoms with Gasteiger partial charge in [-0.1, -0.05) is 0 Å². The lowest BCUT2D eigenvalue weighted by atomic mass is 9.97. The van der Waals surface area contributed by atoms with Crippen molar-refractivity contribution in [2.24, 2.45) is 5.92 Å². The van der Waals surface area contributed by atoms with Crippen LogP contribution in [0.5, 0.6) is 0 Å². The van der Waals surface area contributed by atoms with Crippen molar-refractivity contribution in [1.29, 1.82) is 0 Å². The Morgan fingerprint density at radius 2 is 2.47 bits per heavy atom. The molecule has 1 aliphatic heterocycles. The average Bonchev–Trinajstić information content (AvgIpc) is 3.07. The summed E-state index contributed by atoms with van der Waals surface area (Å²) in [7, 11) is 0. The number of aryl methyl sites for hydroxylation is 1. The Hall–Kier alpha value is -1.95. The molecule has 3 rings (SSSR count). The molecule has 0 unspecified atom stereocenters. The Balaban J connectivity index is 1.63. The van der Waals surface area contributed by atoms with Crippen LogP contribution in [0.25, 0.3) is 0 Å². The predicted molar refractivity (Wildman–Crippen MR) is 70.6 cm³/mol. The van der Waals surface area contributed by atoms with Crippen LogP contribution in [-0.2, 0) is 4.74 Å². The molecule has 1 saturated heterocycles.